The first-order chi connectivity index (χ1) is 36.2. The smallest absolute Gasteiger partial charge is 0.246 e. The number of hydrogen-bond donors (Lipinski definition) is 5. The fourth-order valence-corrected chi connectivity index (χ4v) is 10.8. The van der Waals surface area contributed by atoms with Crippen LogP contribution in [0, 0.1) is 18.2 Å². The van der Waals surface area contributed by atoms with Crippen molar-refractivity contribution in [2.45, 2.75) is 78.6 Å². The van der Waals surface area contributed by atoms with Gasteiger partial charge >= 0.3 is 0 Å². The Hall–Kier alpha value is -7.00. The van der Waals surface area contributed by atoms with Crippen molar-refractivity contribution in [3.8, 4) is 27.3 Å². The first-order valence-electron chi connectivity index (χ1n) is 25.2. The number of aryl methyl sites for hydroxylation is 1. The third kappa shape index (κ3) is 12.5. The summed E-state index contributed by atoms with van der Waals surface area (Å²) in [4.78, 5) is 87.9. The Morgan fingerprint density at radius 3 is 2.39 bits per heavy atom. The number of β-amino-alcohol motifs (C(OH)–C–C–N with tert-alkyl or cyclic N) is 1. The van der Waals surface area contributed by atoms with E-state index in [1.165, 1.54) is 22.8 Å². The number of ether oxygens (including phenoxy) is 1. The van der Waals surface area contributed by atoms with Crippen molar-refractivity contribution in [3.63, 3.8) is 0 Å². The van der Waals surface area contributed by atoms with Crippen molar-refractivity contribution in [3.05, 3.63) is 94.3 Å². The highest BCUT2D eigenvalue weighted by molar-refractivity contribution is 7.13. The zero-order chi connectivity index (χ0) is 54.6. The van der Waals surface area contributed by atoms with Gasteiger partial charge in [-0.15, -0.1) is 11.3 Å². The zero-order valence-electron chi connectivity index (χ0n) is 43.7. The number of carbonyl (C=O) groups excluding carboxylic acids is 5. The molecular formula is C55H64ClFN10O8S. The molecule has 76 heavy (non-hydrogen) atoms. The number of aliphatic hydroxyl groups is 1. The summed E-state index contributed by atoms with van der Waals surface area (Å²) in [5.74, 6) is -2.13. The lowest BCUT2D eigenvalue weighted by molar-refractivity contribution is -0.144. The molecule has 402 valence electrons. The normalized spacial score (nSPS) is 16.7. The largest absolute Gasteiger partial charge is 0.508 e. The van der Waals surface area contributed by atoms with Crippen LogP contribution < -0.4 is 20.9 Å². The topological polar surface area (TPSA) is 223 Å². The van der Waals surface area contributed by atoms with Gasteiger partial charge in [-0.05, 0) is 64.9 Å². The summed E-state index contributed by atoms with van der Waals surface area (Å²) in [6, 6.07) is 17.4. The molecule has 0 radical (unpaired) electrons. The molecule has 0 aliphatic carbocycles. The number of phenols is 1. The molecule has 6 aromatic rings. The molecule has 21 heteroatoms. The summed E-state index contributed by atoms with van der Waals surface area (Å²) in [5, 5.41) is 32.0. The van der Waals surface area contributed by atoms with Crippen LogP contribution in [0.4, 0.5) is 16.2 Å². The summed E-state index contributed by atoms with van der Waals surface area (Å²) in [6.45, 7) is 12.1. The third-order valence-corrected chi connectivity index (χ3v) is 15.2. The Bertz CT molecular complexity index is 3150. The van der Waals surface area contributed by atoms with Gasteiger partial charge in [0.2, 0.25) is 35.5 Å². The van der Waals surface area contributed by atoms with E-state index in [0.717, 1.165) is 21.7 Å². The number of aromatic hydroxyl groups is 1. The summed E-state index contributed by atoms with van der Waals surface area (Å²) >= 11 is 8.43. The fraction of sp³-hybridized carbons (Fsp3) is 0.418. The lowest BCUT2D eigenvalue weighted by Gasteiger charge is -2.35. The van der Waals surface area contributed by atoms with Crippen LogP contribution in [0.25, 0.3) is 43.2 Å². The first kappa shape index (κ1) is 55.2. The van der Waals surface area contributed by atoms with Gasteiger partial charge in [0.15, 0.2) is 5.82 Å². The summed E-state index contributed by atoms with van der Waals surface area (Å²) in [5.41, 5.74) is 4.26. The number of carbonyl (C=O) groups is 5. The number of rotatable bonds is 17. The number of aromatic nitrogens is 3. The second-order valence-electron chi connectivity index (χ2n) is 20.4. The molecule has 4 aromatic carbocycles. The molecule has 5 amide bonds. The van der Waals surface area contributed by atoms with Crippen LogP contribution in [-0.4, -0.2) is 154 Å². The van der Waals surface area contributed by atoms with Gasteiger partial charge in [-0.1, -0.05) is 80.9 Å². The number of nitrogens with zero attached hydrogens (tertiary/aromatic N) is 7. The number of thiazole rings is 1. The number of fused-ring (bicyclic) bond motifs is 2. The van der Waals surface area contributed by atoms with Crippen molar-refractivity contribution in [2.75, 3.05) is 76.3 Å². The predicted molar refractivity (Wildman–Crippen MR) is 291 cm³/mol. The highest BCUT2D eigenvalue weighted by Gasteiger charge is 2.45. The van der Waals surface area contributed by atoms with E-state index in [9.17, 15) is 34.2 Å². The molecule has 0 spiro atoms. The van der Waals surface area contributed by atoms with E-state index in [4.69, 9.17) is 21.3 Å². The molecule has 4 atom stereocenters. The lowest BCUT2D eigenvalue weighted by atomic mass is 9.85. The molecule has 1 unspecified atom stereocenters. The highest BCUT2D eigenvalue weighted by Crippen LogP contribution is 2.42. The maximum Gasteiger partial charge on any atom is 0.246 e. The van der Waals surface area contributed by atoms with Gasteiger partial charge in [0, 0.05) is 83.6 Å². The van der Waals surface area contributed by atoms with E-state index < -0.39 is 59.8 Å². The van der Waals surface area contributed by atoms with E-state index >= 15 is 4.39 Å². The summed E-state index contributed by atoms with van der Waals surface area (Å²) in [7, 11) is 1.59. The summed E-state index contributed by atoms with van der Waals surface area (Å²) < 4.78 is 22.7. The van der Waals surface area contributed by atoms with E-state index in [0.29, 0.717) is 53.7 Å². The molecule has 2 aliphatic heterocycles. The van der Waals surface area contributed by atoms with E-state index in [1.807, 2.05) is 67.3 Å². The molecule has 8 rings (SSSR count). The monoisotopic (exact) mass is 1080 g/mol. The SMILES string of the molecule is CC(=O)N1CCN(c2nc(NCCC(=O)N(C)CCOCC(=O)NC(C(=O)N3C[C@H](O)C[C@H]3C(=O)N[C@@H](C)c3ccc(-c4scnc4C)cc3)C(C)(C)C)nc3c(F)c(-c4cc(O)cc5ccccc45)c(Cl)cc23)CC1. The number of piperazine rings is 1. The second-order valence-corrected chi connectivity index (χ2v) is 21.7. The van der Waals surface area contributed by atoms with E-state index in [-0.39, 0.29) is 78.7 Å². The van der Waals surface area contributed by atoms with Crippen LogP contribution in [-0.2, 0) is 28.7 Å². The van der Waals surface area contributed by atoms with Gasteiger partial charge in [-0.25, -0.2) is 14.4 Å². The molecule has 18 nitrogen and oxygen atoms in total. The maximum absolute atomic E-state index is 17.0. The van der Waals surface area contributed by atoms with E-state index in [2.05, 4.69) is 25.9 Å². The van der Waals surface area contributed by atoms with Crippen LogP contribution in [0.2, 0.25) is 5.02 Å². The van der Waals surface area contributed by atoms with Gasteiger partial charge in [0.05, 0.1) is 39.9 Å². The minimum atomic E-state index is -1.06. The number of likely N-dealkylation sites (N-methyl/N-ethyl adjacent to an activating group) is 1. The quantitative estimate of drug-likeness (QED) is 0.0602. The molecule has 2 aliphatic rings. The number of amides is 5. The number of likely N-dealkylation sites (tertiary alicyclic amines) is 1. The van der Waals surface area contributed by atoms with Crippen molar-refractivity contribution in [1.82, 2.24) is 40.3 Å². The van der Waals surface area contributed by atoms with Crippen LogP contribution in [0.15, 0.2) is 72.2 Å². The number of anilines is 2. The molecular weight excluding hydrogens is 1020 g/mol. The molecule has 0 saturated carbocycles. The standard InChI is InChI=1S/C55H64ClFN10O8S/c1-31(34-12-14-35(15-13-34)49-32(2)59-30-76-49)60-52(73)43-26-38(70)28-67(43)53(74)50(55(4,5)6)61-44(71)29-75-23-22-64(7)45(72)16-17-58-54-62-48-41(51(63-54)66-20-18-65(19-21-66)33(3)68)27-42(56)46(47(48)57)40-25-37(69)24-36-10-8-9-11-39(36)40/h8-15,24-25,27,30-31,38,43,50,69-70H,16-23,26,28-29H2,1-7H3,(H,60,73)(H,61,71)(H,58,62,63)/t31-,38+,43-,50?/m0/s1. The van der Waals surface area contributed by atoms with Crippen LogP contribution in [0.5, 0.6) is 5.75 Å². The van der Waals surface area contributed by atoms with Gasteiger partial charge in [-0.2, -0.15) is 4.98 Å². The zero-order valence-corrected chi connectivity index (χ0v) is 45.2. The average Bonchev–Trinajstić information content (AvgIpc) is 4.01. The van der Waals surface area contributed by atoms with Crippen molar-refractivity contribution >= 4 is 85.9 Å². The van der Waals surface area contributed by atoms with Crippen molar-refractivity contribution in [2.24, 2.45) is 5.41 Å². The highest BCUT2D eigenvalue weighted by atomic mass is 35.5. The summed E-state index contributed by atoms with van der Waals surface area (Å²) in [6.07, 6.45) is -0.897. The Morgan fingerprint density at radius 2 is 1.71 bits per heavy atom. The number of benzene rings is 4. The fourth-order valence-electron chi connectivity index (χ4n) is 9.66. The molecule has 5 N–H and O–H groups in total. The maximum atomic E-state index is 17.0. The number of nitrogens with one attached hydrogen (secondary N) is 3. The van der Waals surface area contributed by atoms with Gasteiger partial charge in [0.1, 0.15) is 35.8 Å². The number of hydrogen-bond acceptors (Lipinski definition) is 14. The molecule has 2 saturated heterocycles. The number of halogens is 2. The predicted octanol–water partition coefficient (Wildman–Crippen LogP) is 6.70. The minimum Gasteiger partial charge on any atom is -0.508 e. The van der Waals surface area contributed by atoms with Crippen LogP contribution in [0.3, 0.4) is 0 Å². The lowest BCUT2D eigenvalue weighted by Crippen LogP contribution is -2.58. The van der Waals surface area contributed by atoms with Gasteiger partial charge in [0.25, 0.3) is 0 Å². The number of phenolic OH excluding ortho intramolecular Hbond substituents is 1. The van der Waals surface area contributed by atoms with Crippen LogP contribution >= 0.6 is 22.9 Å². The van der Waals surface area contributed by atoms with Crippen molar-refractivity contribution < 1.29 is 43.3 Å². The number of aliphatic hydroxyl groups excluding tert-OH is 1. The first-order valence-corrected chi connectivity index (χ1v) is 26.5. The molecule has 0 bridgehead atoms. The molecule has 4 heterocycles. The van der Waals surface area contributed by atoms with Crippen LogP contribution in [0.1, 0.15) is 64.8 Å². The Labute approximate surface area is 449 Å². The third-order valence-electron chi connectivity index (χ3n) is 13.9. The molecule has 2 fully saturated rings. The Kier molecular flexibility index (Phi) is 17.1. The second kappa shape index (κ2) is 23.5. The molecule has 2 aromatic heterocycles. The van der Waals surface area contributed by atoms with Gasteiger partial charge < -0.3 is 50.5 Å². The average molecular weight is 1080 g/mol. The Morgan fingerprint density at radius 1 is 0.987 bits per heavy atom. The van der Waals surface area contributed by atoms with Gasteiger partial charge in [-0.3, -0.25) is 24.0 Å². The minimum absolute atomic E-state index is 0.00371. The Balaban J connectivity index is 0.857. The van der Waals surface area contributed by atoms with Crippen molar-refractivity contribution in [1.29, 1.82) is 0 Å². The van der Waals surface area contributed by atoms with E-state index in [1.54, 1.807) is 61.7 Å².